The van der Waals surface area contributed by atoms with E-state index in [-0.39, 0.29) is 0 Å². The lowest BCUT2D eigenvalue weighted by Gasteiger charge is -2.30. The van der Waals surface area contributed by atoms with Crippen LogP contribution in [0.5, 0.6) is 0 Å². The van der Waals surface area contributed by atoms with Crippen LogP contribution in [0.15, 0.2) is 185 Å². The summed E-state index contributed by atoms with van der Waals surface area (Å²) in [6.07, 6.45) is 0. The first-order chi connectivity index (χ1) is 32.0. The zero-order valence-corrected chi connectivity index (χ0v) is 41.0. The molecule has 0 amide bonds. The van der Waals surface area contributed by atoms with Crippen molar-refractivity contribution in [3.8, 4) is 44.5 Å². The van der Waals surface area contributed by atoms with E-state index in [9.17, 15) is 0 Å². The number of hydrogen-bond donors (Lipinski definition) is 0. The van der Waals surface area contributed by atoms with Crippen molar-refractivity contribution >= 4 is 116 Å². The summed E-state index contributed by atoms with van der Waals surface area (Å²) in [6, 6.07) is 65.5. The molecule has 66 heavy (non-hydrogen) atoms. The molecule has 0 aliphatic carbocycles. The number of rotatable bonds is 4. The second kappa shape index (κ2) is 13.1. The SMILES string of the molecule is C[Si]1(C)c2cc(N(c3ccccc3)c3ccc4c(c3)[Si](C)(C)c3c5c(c6oc7ccccc7c6c3-4)-c3ccccc3[Si]5(C)C)ccc2-c2c1cc(-c1ccccc1)c1oc3ccccc3c21. The molecule has 0 saturated carbocycles. The minimum atomic E-state index is -2.32. The summed E-state index contributed by atoms with van der Waals surface area (Å²) in [5, 5.41) is 14.1. The lowest BCUT2D eigenvalue weighted by Crippen LogP contribution is -2.63. The summed E-state index contributed by atoms with van der Waals surface area (Å²) in [4.78, 5) is 2.52. The Kier molecular flexibility index (Phi) is 7.61. The number of hydrogen-bond acceptors (Lipinski definition) is 3. The number of furan rings is 2. The van der Waals surface area contributed by atoms with Crippen molar-refractivity contribution in [2.75, 3.05) is 4.90 Å². The summed E-state index contributed by atoms with van der Waals surface area (Å²) >= 11 is 0. The van der Waals surface area contributed by atoms with Crippen LogP contribution in [-0.4, -0.2) is 24.2 Å². The lowest BCUT2D eigenvalue weighted by molar-refractivity contribution is 0.670. The molecule has 14 rings (SSSR count). The van der Waals surface area contributed by atoms with E-state index < -0.39 is 24.2 Å². The van der Waals surface area contributed by atoms with E-state index in [2.05, 4.69) is 220 Å². The van der Waals surface area contributed by atoms with E-state index in [0.29, 0.717) is 0 Å². The zero-order chi connectivity index (χ0) is 44.4. The van der Waals surface area contributed by atoms with E-state index in [1.807, 2.05) is 0 Å². The van der Waals surface area contributed by atoms with Gasteiger partial charge in [0.15, 0.2) is 0 Å². The monoisotopic (exact) mass is 897 g/mol. The van der Waals surface area contributed by atoms with E-state index in [1.54, 1.807) is 10.4 Å². The smallest absolute Gasteiger partial charge is 0.143 e. The van der Waals surface area contributed by atoms with Crippen LogP contribution in [0.4, 0.5) is 17.1 Å². The van der Waals surface area contributed by atoms with Crippen LogP contribution in [0, 0.1) is 0 Å². The Labute approximate surface area is 387 Å². The van der Waals surface area contributed by atoms with Gasteiger partial charge in [0, 0.05) is 49.7 Å². The fourth-order valence-corrected chi connectivity index (χ4v) is 24.3. The molecule has 11 aromatic rings. The quantitative estimate of drug-likeness (QED) is 0.165. The Morgan fingerprint density at radius 3 is 1.53 bits per heavy atom. The van der Waals surface area contributed by atoms with Gasteiger partial charge in [0.05, 0.1) is 0 Å². The Bertz CT molecular complexity index is 3920. The topological polar surface area (TPSA) is 29.5 Å². The van der Waals surface area contributed by atoms with Gasteiger partial charge in [-0.3, -0.25) is 0 Å². The van der Waals surface area contributed by atoms with Crippen molar-refractivity contribution < 1.29 is 8.83 Å². The van der Waals surface area contributed by atoms with Crippen LogP contribution in [0.25, 0.3) is 88.4 Å². The van der Waals surface area contributed by atoms with Crippen molar-refractivity contribution in [3.63, 3.8) is 0 Å². The van der Waals surface area contributed by atoms with E-state index in [4.69, 9.17) is 8.83 Å². The molecular weight excluding hydrogens is 851 g/mol. The summed E-state index contributed by atoms with van der Waals surface area (Å²) in [6.45, 7) is 15.4. The summed E-state index contributed by atoms with van der Waals surface area (Å²) in [5.41, 5.74) is 18.1. The molecule has 6 heteroatoms. The van der Waals surface area contributed by atoms with Crippen LogP contribution in [0.1, 0.15) is 0 Å². The first-order valence-electron chi connectivity index (χ1n) is 23.3. The second-order valence-corrected chi connectivity index (χ2v) is 33.3. The highest BCUT2D eigenvalue weighted by Gasteiger charge is 2.50. The molecule has 0 radical (unpaired) electrons. The molecule has 3 aliphatic heterocycles. The number of anilines is 3. The van der Waals surface area contributed by atoms with Crippen LogP contribution in [-0.2, 0) is 0 Å². The Hall–Kier alpha value is -6.97. The highest BCUT2D eigenvalue weighted by molar-refractivity contribution is 7.13. The van der Waals surface area contributed by atoms with Crippen molar-refractivity contribution in [2.24, 2.45) is 0 Å². The van der Waals surface area contributed by atoms with Gasteiger partial charge in [-0.15, -0.1) is 0 Å². The van der Waals surface area contributed by atoms with Gasteiger partial charge in [-0.1, -0.05) is 167 Å². The van der Waals surface area contributed by atoms with Gasteiger partial charge in [-0.05, 0) is 113 Å². The molecule has 0 atom stereocenters. The van der Waals surface area contributed by atoms with Gasteiger partial charge in [-0.2, -0.15) is 0 Å². The fraction of sp³-hybridized carbons (Fsp3) is 0.100. The third-order valence-electron chi connectivity index (χ3n) is 15.8. The average Bonchev–Trinajstić information content (AvgIpc) is 4.09. The van der Waals surface area contributed by atoms with E-state index >= 15 is 0 Å². The third kappa shape index (κ3) is 4.86. The fourth-order valence-electron chi connectivity index (χ4n) is 12.7. The van der Waals surface area contributed by atoms with Gasteiger partial charge in [-0.25, -0.2) is 0 Å². The number of fused-ring (bicyclic) bond motifs is 19. The molecule has 2 aromatic heterocycles. The minimum Gasteiger partial charge on any atom is -0.455 e. The van der Waals surface area contributed by atoms with Crippen LogP contribution < -0.4 is 36.0 Å². The van der Waals surface area contributed by atoms with E-state index in [0.717, 1.165) is 28.0 Å². The first kappa shape index (κ1) is 38.3. The number of para-hydroxylation sites is 3. The molecule has 9 aromatic carbocycles. The van der Waals surface area contributed by atoms with Crippen molar-refractivity contribution in [1.82, 2.24) is 0 Å². The molecule has 0 spiro atoms. The summed E-state index contributed by atoms with van der Waals surface area (Å²) in [5.74, 6) is 0. The van der Waals surface area contributed by atoms with Gasteiger partial charge in [0.25, 0.3) is 0 Å². The maximum Gasteiger partial charge on any atom is 0.143 e. The second-order valence-electron chi connectivity index (χ2n) is 20.4. The average molecular weight is 898 g/mol. The maximum absolute atomic E-state index is 7.00. The van der Waals surface area contributed by atoms with Crippen molar-refractivity contribution in [1.29, 1.82) is 0 Å². The Balaban J connectivity index is 0.984. The maximum atomic E-state index is 7.00. The normalized spacial score (nSPS) is 15.5. The molecule has 5 heterocycles. The summed E-state index contributed by atoms with van der Waals surface area (Å²) < 4.78 is 13.8. The molecule has 3 nitrogen and oxygen atoms in total. The predicted molar refractivity (Wildman–Crippen MR) is 288 cm³/mol. The standard InChI is InChI=1S/C60H47NO2Si3/c1-64(2)49-33-38(29-31-43(49)52-51(64)35-45(36-19-9-7-10-20-36)57-53(52)40-23-13-16-26-46(40)62-57)61(37-21-11-8-12-22-37)39-30-32-44-50(34-39)66(5,6)59-55(44)54-41-24-14-17-27-47(41)63-58(54)56-42-25-15-18-28-48(42)65(3,4)60(56)59/h7-35H,1-6H3. The van der Waals surface area contributed by atoms with Gasteiger partial charge in [0.2, 0.25) is 0 Å². The van der Waals surface area contributed by atoms with Crippen LogP contribution in [0.3, 0.4) is 0 Å². The molecule has 316 valence electrons. The molecular formula is C60H47NO2Si3. The summed E-state index contributed by atoms with van der Waals surface area (Å²) in [7, 11) is -6.67. The first-order valence-corrected chi connectivity index (χ1v) is 32.3. The highest BCUT2D eigenvalue weighted by atomic mass is 28.3. The lowest BCUT2D eigenvalue weighted by atomic mass is 9.94. The van der Waals surface area contributed by atoms with Gasteiger partial charge < -0.3 is 13.7 Å². The molecule has 0 unspecified atom stereocenters. The minimum absolute atomic E-state index is 0.935. The number of nitrogens with zero attached hydrogens (tertiary/aromatic N) is 1. The van der Waals surface area contributed by atoms with Crippen LogP contribution >= 0.6 is 0 Å². The van der Waals surface area contributed by atoms with Gasteiger partial charge >= 0.3 is 0 Å². The highest BCUT2D eigenvalue weighted by Crippen LogP contribution is 2.48. The number of benzene rings is 9. The van der Waals surface area contributed by atoms with Crippen molar-refractivity contribution in [3.05, 3.63) is 176 Å². The van der Waals surface area contributed by atoms with Gasteiger partial charge in [0.1, 0.15) is 46.6 Å². The largest absolute Gasteiger partial charge is 0.455 e. The third-order valence-corrected chi connectivity index (χ3v) is 26.6. The molecule has 0 N–H and O–H groups in total. The van der Waals surface area contributed by atoms with Crippen molar-refractivity contribution in [2.45, 2.75) is 39.3 Å². The molecule has 3 aliphatic rings. The molecule has 0 fully saturated rings. The van der Waals surface area contributed by atoms with Crippen LogP contribution in [0.2, 0.25) is 39.3 Å². The predicted octanol–water partition coefficient (Wildman–Crippen LogP) is 13.0. The Morgan fingerprint density at radius 2 is 0.848 bits per heavy atom. The van der Waals surface area contributed by atoms with E-state index in [1.165, 1.54) is 98.2 Å². The Morgan fingerprint density at radius 1 is 0.348 bits per heavy atom. The zero-order valence-electron chi connectivity index (χ0n) is 38.0. The molecule has 0 saturated heterocycles. The molecule has 0 bridgehead atoms.